The molecule has 1 aromatic carbocycles. The van der Waals surface area contributed by atoms with Crippen LogP contribution in [0.15, 0.2) is 24.3 Å². The minimum atomic E-state index is -4.74. The molecule has 0 heterocycles. The van der Waals surface area contributed by atoms with Gasteiger partial charge in [0.1, 0.15) is 5.75 Å². The quantitative estimate of drug-likeness (QED) is 0.852. The summed E-state index contributed by atoms with van der Waals surface area (Å²) >= 11 is 0. The molecule has 0 spiro atoms. The van der Waals surface area contributed by atoms with E-state index in [0.717, 1.165) is 0 Å². The average Bonchev–Trinajstić information content (AvgIpc) is 2.35. The molecule has 1 atom stereocenters. The minimum Gasteiger partial charge on any atom is -0.406 e. The van der Waals surface area contributed by atoms with Gasteiger partial charge in [0.25, 0.3) is 0 Å². The molecular weight excluding hydrogens is 333 g/mol. The van der Waals surface area contributed by atoms with Crippen LogP contribution in [0.1, 0.15) is 25.8 Å². The summed E-state index contributed by atoms with van der Waals surface area (Å²) in [5.41, 5.74) is 6.36. The first kappa shape index (κ1) is 21.5. The molecule has 0 bridgehead atoms. The monoisotopic (exact) mass is 354 g/mol. The number of carbonyl (C=O) groups excluding carboxylic acids is 1. The molecule has 2 N–H and O–H groups in total. The van der Waals surface area contributed by atoms with Gasteiger partial charge in [-0.1, -0.05) is 26.0 Å². The zero-order valence-electron chi connectivity index (χ0n) is 13.3. The van der Waals surface area contributed by atoms with Gasteiger partial charge in [0, 0.05) is 13.6 Å². The number of hydrogen-bond acceptors (Lipinski definition) is 3. The summed E-state index contributed by atoms with van der Waals surface area (Å²) < 4.78 is 40.4. The standard InChI is InChI=1S/C15H21F3N2O2.ClH/c1-10(2)7-13(19)14(21)20(3)9-11-5-4-6-12(8-11)22-15(16,17)18;/h4-6,8,10,13H,7,9,19H2,1-3H3;1H/t13-;/m0./s1. The summed E-state index contributed by atoms with van der Waals surface area (Å²) in [7, 11) is 1.57. The Kier molecular flexibility index (Phi) is 8.41. The first-order chi connectivity index (χ1) is 10.1. The maximum Gasteiger partial charge on any atom is 0.573 e. The number of carbonyl (C=O) groups is 1. The second-order valence-electron chi connectivity index (χ2n) is 5.63. The van der Waals surface area contributed by atoms with E-state index in [1.807, 2.05) is 13.8 Å². The van der Waals surface area contributed by atoms with Crippen molar-refractivity contribution in [2.24, 2.45) is 11.7 Å². The lowest BCUT2D eigenvalue weighted by Gasteiger charge is -2.22. The van der Waals surface area contributed by atoms with Gasteiger partial charge in [-0.25, -0.2) is 0 Å². The zero-order chi connectivity index (χ0) is 16.9. The molecule has 23 heavy (non-hydrogen) atoms. The molecule has 1 aromatic rings. The molecule has 1 amide bonds. The van der Waals surface area contributed by atoms with Crippen LogP contribution in [0.2, 0.25) is 0 Å². The normalized spacial score (nSPS) is 12.5. The number of halogens is 4. The Morgan fingerprint density at radius 2 is 1.96 bits per heavy atom. The van der Waals surface area contributed by atoms with Crippen LogP contribution in [0.3, 0.4) is 0 Å². The Morgan fingerprint density at radius 1 is 1.35 bits per heavy atom. The summed E-state index contributed by atoms with van der Waals surface area (Å²) in [5, 5.41) is 0. The van der Waals surface area contributed by atoms with E-state index in [1.165, 1.54) is 23.1 Å². The number of alkyl halides is 3. The van der Waals surface area contributed by atoms with Crippen LogP contribution in [0, 0.1) is 5.92 Å². The Morgan fingerprint density at radius 3 is 2.48 bits per heavy atom. The van der Waals surface area contributed by atoms with Crippen LogP contribution < -0.4 is 10.5 Å². The number of amides is 1. The largest absolute Gasteiger partial charge is 0.573 e. The van der Waals surface area contributed by atoms with Crippen molar-refractivity contribution in [2.45, 2.75) is 39.2 Å². The molecule has 0 unspecified atom stereocenters. The number of ether oxygens (including phenoxy) is 1. The van der Waals surface area contributed by atoms with Crippen molar-refractivity contribution in [2.75, 3.05) is 7.05 Å². The number of hydrogen-bond donors (Lipinski definition) is 1. The summed E-state index contributed by atoms with van der Waals surface area (Å²) in [4.78, 5) is 13.5. The zero-order valence-corrected chi connectivity index (χ0v) is 14.1. The highest BCUT2D eigenvalue weighted by molar-refractivity contribution is 5.85. The fraction of sp³-hybridized carbons (Fsp3) is 0.533. The highest BCUT2D eigenvalue weighted by atomic mass is 35.5. The summed E-state index contributed by atoms with van der Waals surface area (Å²) in [6.45, 7) is 4.09. The van der Waals surface area contributed by atoms with Crippen LogP contribution in [-0.2, 0) is 11.3 Å². The van der Waals surface area contributed by atoms with E-state index in [2.05, 4.69) is 4.74 Å². The van der Waals surface area contributed by atoms with Gasteiger partial charge in [-0.2, -0.15) is 0 Å². The molecule has 0 saturated heterocycles. The van der Waals surface area contributed by atoms with Crippen LogP contribution in [-0.4, -0.2) is 30.3 Å². The number of nitrogens with two attached hydrogens (primary N) is 1. The third-order valence-corrected chi connectivity index (χ3v) is 2.97. The van der Waals surface area contributed by atoms with Gasteiger partial charge in [0.2, 0.25) is 5.91 Å². The van der Waals surface area contributed by atoms with Crippen molar-refractivity contribution in [1.82, 2.24) is 4.90 Å². The fourth-order valence-electron chi connectivity index (χ4n) is 2.08. The van der Waals surface area contributed by atoms with E-state index in [9.17, 15) is 18.0 Å². The number of benzene rings is 1. The molecule has 8 heteroatoms. The minimum absolute atomic E-state index is 0. The molecule has 0 aliphatic rings. The summed E-state index contributed by atoms with van der Waals surface area (Å²) in [6.07, 6.45) is -4.18. The second kappa shape index (κ2) is 8.98. The highest BCUT2D eigenvalue weighted by Crippen LogP contribution is 2.23. The second-order valence-corrected chi connectivity index (χ2v) is 5.63. The molecule has 132 valence electrons. The van der Waals surface area contributed by atoms with Gasteiger partial charge in [0.05, 0.1) is 6.04 Å². The number of nitrogens with zero attached hydrogens (tertiary/aromatic N) is 1. The highest BCUT2D eigenvalue weighted by Gasteiger charge is 2.31. The Balaban J connectivity index is 0.00000484. The maximum absolute atomic E-state index is 12.2. The SMILES string of the molecule is CC(C)C[C@H](N)C(=O)N(C)Cc1cccc(OC(F)(F)F)c1.Cl. The van der Waals surface area contributed by atoms with E-state index < -0.39 is 12.4 Å². The van der Waals surface area contributed by atoms with Crippen molar-refractivity contribution in [3.8, 4) is 5.75 Å². The van der Waals surface area contributed by atoms with Gasteiger partial charge < -0.3 is 15.4 Å². The predicted molar refractivity (Wildman–Crippen MR) is 84.3 cm³/mol. The third-order valence-electron chi connectivity index (χ3n) is 2.97. The van der Waals surface area contributed by atoms with E-state index >= 15 is 0 Å². The van der Waals surface area contributed by atoms with E-state index in [0.29, 0.717) is 12.0 Å². The van der Waals surface area contributed by atoms with Crippen LogP contribution in [0.25, 0.3) is 0 Å². The van der Waals surface area contributed by atoms with E-state index in [-0.39, 0.29) is 36.5 Å². The first-order valence-corrected chi connectivity index (χ1v) is 6.93. The first-order valence-electron chi connectivity index (χ1n) is 6.93. The van der Waals surface area contributed by atoms with Crippen molar-refractivity contribution < 1.29 is 22.7 Å². The molecule has 0 fully saturated rings. The van der Waals surface area contributed by atoms with Gasteiger partial charge in [0.15, 0.2) is 0 Å². The summed E-state index contributed by atoms with van der Waals surface area (Å²) in [5.74, 6) is -0.260. The fourth-order valence-corrected chi connectivity index (χ4v) is 2.08. The average molecular weight is 355 g/mol. The molecule has 0 aromatic heterocycles. The van der Waals surface area contributed by atoms with Gasteiger partial charge in [-0.15, -0.1) is 25.6 Å². The topological polar surface area (TPSA) is 55.6 Å². The van der Waals surface area contributed by atoms with Crippen molar-refractivity contribution in [3.63, 3.8) is 0 Å². The lowest BCUT2D eigenvalue weighted by atomic mass is 10.0. The Hall–Kier alpha value is -1.47. The Labute approximate surface area is 140 Å². The molecular formula is C15H22ClF3N2O2. The molecule has 1 rings (SSSR count). The maximum atomic E-state index is 12.2. The third kappa shape index (κ3) is 8.08. The lowest BCUT2D eigenvalue weighted by molar-refractivity contribution is -0.274. The van der Waals surface area contributed by atoms with Crippen molar-refractivity contribution in [1.29, 1.82) is 0 Å². The smallest absolute Gasteiger partial charge is 0.406 e. The molecule has 4 nitrogen and oxygen atoms in total. The van der Waals surface area contributed by atoms with Crippen molar-refractivity contribution in [3.05, 3.63) is 29.8 Å². The van der Waals surface area contributed by atoms with Gasteiger partial charge >= 0.3 is 6.36 Å². The Bertz CT molecular complexity index is 510. The molecule has 0 saturated carbocycles. The number of rotatable bonds is 6. The van der Waals surface area contributed by atoms with E-state index in [1.54, 1.807) is 13.1 Å². The molecule has 0 aliphatic heterocycles. The van der Waals surface area contributed by atoms with Crippen molar-refractivity contribution >= 4 is 18.3 Å². The van der Waals surface area contributed by atoms with Crippen LogP contribution in [0.5, 0.6) is 5.75 Å². The van der Waals surface area contributed by atoms with E-state index in [4.69, 9.17) is 5.73 Å². The van der Waals surface area contributed by atoms with Crippen LogP contribution >= 0.6 is 12.4 Å². The molecule has 0 aliphatic carbocycles. The number of likely N-dealkylation sites (N-methyl/N-ethyl adjacent to an activating group) is 1. The van der Waals surface area contributed by atoms with Gasteiger partial charge in [-0.3, -0.25) is 4.79 Å². The summed E-state index contributed by atoms with van der Waals surface area (Å²) in [6, 6.07) is 4.93. The lowest BCUT2D eigenvalue weighted by Crippen LogP contribution is -2.42. The van der Waals surface area contributed by atoms with Crippen LogP contribution in [0.4, 0.5) is 13.2 Å². The predicted octanol–water partition coefficient (Wildman–Crippen LogP) is 3.34. The van der Waals surface area contributed by atoms with Gasteiger partial charge in [-0.05, 0) is 30.0 Å². The molecule has 0 radical (unpaired) electrons.